The number of ether oxygens (including phenoxy) is 1. The second-order valence-corrected chi connectivity index (χ2v) is 5.07. The van der Waals surface area contributed by atoms with Crippen molar-refractivity contribution in [2.75, 3.05) is 18.5 Å². The van der Waals surface area contributed by atoms with E-state index in [1.807, 2.05) is 13.8 Å². The monoisotopic (exact) mass is 278 g/mol. The molecule has 0 radical (unpaired) electrons. The van der Waals surface area contributed by atoms with Crippen molar-refractivity contribution >= 4 is 17.5 Å². The molecule has 3 N–H and O–H groups in total. The minimum atomic E-state index is -0.584. The molecule has 0 fully saturated rings. The van der Waals surface area contributed by atoms with Crippen molar-refractivity contribution in [1.82, 2.24) is 5.32 Å². The summed E-state index contributed by atoms with van der Waals surface area (Å²) in [5.41, 5.74) is 0.892. The van der Waals surface area contributed by atoms with Gasteiger partial charge in [0.25, 0.3) is 11.8 Å². The average Bonchev–Trinajstić information content (AvgIpc) is 2.43. The molecule has 0 aromatic heterocycles. The van der Waals surface area contributed by atoms with Gasteiger partial charge in [0.15, 0.2) is 6.61 Å². The van der Waals surface area contributed by atoms with E-state index >= 15 is 0 Å². The molecule has 20 heavy (non-hydrogen) atoms. The van der Waals surface area contributed by atoms with Gasteiger partial charge in [0, 0.05) is 12.1 Å². The highest BCUT2D eigenvalue weighted by atomic mass is 16.5. The minimum absolute atomic E-state index is 0.0148. The first kappa shape index (κ1) is 14.3. The van der Waals surface area contributed by atoms with E-state index in [-0.39, 0.29) is 30.9 Å². The molecule has 2 amide bonds. The van der Waals surface area contributed by atoms with Gasteiger partial charge in [0.2, 0.25) is 0 Å². The molecular weight excluding hydrogens is 260 g/mol. The van der Waals surface area contributed by atoms with Gasteiger partial charge in [0.05, 0.1) is 11.8 Å². The lowest BCUT2D eigenvalue weighted by Gasteiger charge is -2.19. The predicted molar refractivity (Wildman–Crippen MR) is 73.7 cm³/mol. The van der Waals surface area contributed by atoms with Gasteiger partial charge in [-0.25, -0.2) is 0 Å². The summed E-state index contributed by atoms with van der Waals surface area (Å²) in [4.78, 5) is 23.2. The lowest BCUT2D eigenvalue weighted by molar-refractivity contribution is -0.118. The Hall–Kier alpha value is -2.08. The number of carbonyl (C=O) groups excluding carboxylic acids is 2. The maximum atomic E-state index is 12.0. The van der Waals surface area contributed by atoms with Crippen LogP contribution in [0.1, 0.15) is 24.2 Å². The molecule has 108 valence electrons. The second kappa shape index (κ2) is 5.92. The average molecular weight is 278 g/mol. The second-order valence-electron chi connectivity index (χ2n) is 5.07. The molecule has 6 nitrogen and oxygen atoms in total. The number of aliphatic hydroxyl groups excluding tert-OH is 1. The van der Waals surface area contributed by atoms with E-state index in [4.69, 9.17) is 4.74 Å². The van der Waals surface area contributed by atoms with Crippen molar-refractivity contribution in [3.63, 3.8) is 0 Å². The van der Waals surface area contributed by atoms with Crippen LogP contribution >= 0.6 is 0 Å². The van der Waals surface area contributed by atoms with Crippen molar-refractivity contribution in [2.24, 2.45) is 5.92 Å². The third-order valence-electron chi connectivity index (χ3n) is 3.12. The van der Waals surface area contributed by atoms with Crippen LogP contribution in [0.2, 0.25) is 0 Å². The van der Waals surface area contributed by atoms with E-state index in [2.05, 4.69) is 10.6 Å². The van der Waals surface area contributed by atoms with E-state index in [0.717, 1.165) is 0 Å². The minimum Gasteiger partial charge on any atom is -0.482 e. The number of anilines is 1. The first-order valence-corrected chi connectivity index (χ1v) is 6.50. The fourth-order valence-electron chi connectivity index (χ4n) is 1.76. The van der Waals surface area contributed by atoms with Crippen molar-refractivity contribution in [3.8, 4) is 5.75 Å². The molecule has 1 aromatic rings. The number of rotatable bonds is 4. The van der Waals surface area contributed by atoms with Gasteiger partial charge in [-0.15, -0.1) is 0 Å². The molecule has 1 atom stereocenters. The Morgan fingerprint density at radius 1 is 1.50 bits per heavy atom. The zero-order valence-corrected chi connectivity index (χ0v) is 11.5. The zero-order valence-electron chi connectivity index (χ0n) is 11.5. The van der Waals surface area contributed by atoms with Crippen molar-refractivity contribution < 1.29 is 19.4 Å². The van der Waals surface area contributed by atoms with Gasteiger partial charge in [-0.05, 0) is 24.1 Å². The number of nitrogens with one attached hydrogen (secondary N) is 2. The van der Waals surface area contributed by atoms with E-state index in [0.29, 0.717) is 17.0 Å². The van der Waals surface area contributed by atoms with Crippen LogP contribution in [-0.4, -0.2) is 36.2 Å². The van der Waals surface area contributed by atoms with Crippen molar-refractivity contribution in [3.05, 3.63) is 23.8 Å². The molecule has 0 saturated heterocycles. The molecule has 1 unspecified atom stereocenters. The summed E-state index contributed by atoms with van der Waals surface area (Å²) in [5.74, 6) is 0.0764. The van der Waals surface area contributed by atoms with E-state index < -0.39 is 6.10 Å². The van der Waals surface area contributed by atoms with Crippen molar-refractivity contribution in [2.45, 2.75) is 20.0 Å². The van der Waals surface area contributed by atoms with Crippen molar-refractivity contribution in [1.29, 1.82) is 0 Å². The van der Waals surface area contributed by atoms with Crippen LogP contribution in [0.5, 0.6) is 5.75 Å². The molecule has 6 heteroatoms. The third-order valence-corrected chi connectivity index (χ3v) is 3.12. The molecular formula is C14H18N2O4. The highest BCUT2D eigenvalue weighted by Gasteiger charge is 2.18. The summed E-state index contributed by atoms with van der Waals surface area (Å²) < 4.78 is 5.22. The van der Waals surface area contributed by atoms with Gasteiger partial charge in [0.1, 0.15) is 5.75 Å². The summed E-state index contributed by atoms with van der Waals surface area (Å²) in [6.45, 7) is 3.93. The van der Waals surface area contributed by atoms with Gasteiger partial charge in [-0.1, -0.05) is 13.8 Å². The lowest BCUT2D eigenvalue weighted by Crippen LogP contribution is -2.34. The van der Waals surface area contributed by atoms with Gasteiger partial charge in [-0.3, -0.25) is 9.59 Å². The first-order valence-electron chi connectivity index (χ1n) is 6.50. The molecule has 1 aromatic carbocycles. The molecule has 0 aliphatic carbocycles. The Morgan fingerprint density at radius 2 is 2.25 bits per heavy atom. The topological polar surface area (TPSA) is 87.7 Å². The molecule has 2 rings (SSSR count). The molecule has 0 saturated carbocycles. The summed E-state index contributed by atoms with van der Waals surface area (Å²) in [6.07, 6.45) is -0.584. The van der Waals surface area contributed by atoms with Crippen LogP contribution < -0.4 is 15.4 Å². The van der Waals surface area contributed by atoms with Crippen LogP contribution in [0.3, 0.4) is 0 Å². The van der Waals surface area contributed by atoms with Crippen LogP contribution in [0, 0.1) is 5.92 Å². The quantitative estimate of drug-likeness (QED) is 0.759. The maximum absolute atomic E-state index is 12.0. The zero-order chi connectivity index (χ0) is 14.7. The smallest absolute Gasteiger partial charge is 0.262 e. The number of carbonyl (C=O) groups is 2. The Labute approximate surface area is 117 Å². The standard InChI is InChI=1S/C14H18N2O4/c1-8(2)11(17)6-15-14(19)9-3-4-12-10(5-9)16-13(18)7-20-12/h3-5,8,11,17H,6-7H2,1-2H3,(H,15,19)(H,16,18). The Bertz CT molecular complexity index is 528. The summed E-state index contributed by atoms with van der Waals surface area (Å²) in [5, 5.41) is 15.0. The number of hydrogen-bond donors (Lipinski definition) is 3. The van der Waals surface area contributed by atoms with E-state index in [9.17, 15) is 14.7 Å². The number of hydrogen-bond acceptors (Lipinski definition) is 4. The largest absolute Gasteiger partial charge is 0.482 e. The maximum Gasteiger partial charge on any atom is 0.262 e. The predicted octanol–water partition coefficient (Wildman–Crippen LogP) is 0.764. The number of fused-ring (bicyclic) bond motifs is 1. The van der Waals surface area contributed by atoms with Crippen LogP contribution in [0.4, 0.5) is 5.69 Å². The molecule has 1 aliphatic rings. The van der Waals surface area contributed by atoms with E-state index in [1.165, 1.54) is 0 Å². The van der Waals surface area contributed by atoms with Gasteiger partial charge in [-0.2, -0.15) is 0 Å². The summed E-state index contributed by atoms with van der Waals surface area (Å²) in [7, 11) is 0. The highest BCUT2D eigenvalue weighted by Crippen LogP contribution is 2.28. The normalized spacial score (nSPS) is 15.1. The third kappa shape index (κ3) is 3.27. The van der Waals surface area contributed by atoms with Gasteiger partial charge < -0.3 is 20.5 Å². The summed E-state index contributed by atoms with van der Waals surface area (Å²) >= 11 is 0. The van der Waals surface area contributed by atoms with Crippen LogP contribution in [-0.2, 0) is 4.79 Å². The highest BCUT2D eigenvalue weighted by molar-refractivity contribution is 5.99. The Balaban J connectivity index is 2.04. The Kier molecular flexibility index (Phi) is 4.24. The lowest BCUT2D eigenvalue weighted by atomic mass is 10.1. The number of aliphatic hydroxyl groups is 1. The number of benzene rings is 1. The number of amides is 2. The summed E-state index contributed by atoms with van der Waals surface area (Å²) in [6, 6.07) is 4.82. The van der Waals surface area contributed by atoms with Crippen LogP contribution in [0.25, 0.3) is 0 Å². The van der Waals surface area contributed by atoms with E-state index in [1.54, 1.807) is 18.2 Å². The fraction of sp³-hybridized carbons (Fsp3) is 0.429. The Morgan fingerprint density at radius 3 is 2.95 bits per heavy atom. The molecule has 1 aliphatic heterocycles. The molecule has 0 bridgehead atoms. The van der Waals surface area contributed by atoms with Crippen LogP contribution in [0.15, 0.2) is 18.2 Å². The molecule has 0 spiro atoms. The molecule has 1 heterocycles. The first-order chi connectivity index (χ1) is 9.47. The SMILES string of the molecule is CC(C)C(O)CNC(=O)c1ccc2c(c1)NC(=O)CO2. The fourth-order valence-corrected chi connectivity index (χ4v) is 1.76. The van der Waals surface area contributed by atoms with Gasteiger partial charge >= 0.3 is 0 Å².